The molecule has 1 N–H and O–H groups in total. The maximum Gasteiger partial charge on any atom is 0.317 e. The highest BCUT2D eigenvalue weighted by Gasteiger charge is 2.21. The smallest absolute Gasteiger partial charge is 0.317 e. The van der Waals surface area contributed by atoms with Gasteiger partial charge >= 0.3 is 5.97 Å². The van der Waals surface area contributed by atoms with Crippen molar-refractivity contribution in [1.82, 2.24) is 0 Å². The zero-order valence-electron chi connectivity index (χ0n) is 12.1. The Morgan fingerprint density at radius 2 is 1.86 bits per heavy atom. The van der Waals surface area contributed by atoms with Gasteiger partial charge in [-0.1, -0.05) is 35.9 Å². The fourth-order valence-electron chi connectivity index (χ4n) is 2.03. The van der Waals surface area contributed by atoms with Crippen LogP contribution in [0.5, 0.6) is 5.75 Å². The highest BCUT2D eigenvalue weighted by molar-refractivity contribution is 8.00. The summed E-state index contributed by atoms with van der Waals surface area (Å²) in [5.74, 6) is -0.0836. The van der Waals surface area contributed by atoms with Crippen LogP contribution >= 0.6 is 11.8 Å². The van der Waals surface area contributed by atoms with Crippen molar-refractivity contribution in [2.24, 2.45) is 0 Å². The maximum atomic E-state index is 11.5. The number of thioether (sulfide) groups is 1. The molecule has 1 atom stereocenters. The third-order valence-electron chi connectivity index (χ3n) is 3.17. The molecule has 4 heteroatoms. The predicted molar refractivity (Wildman–Crippen MR) is 85.2 cm³/mol. The van der Waals surface area contributed by atoms with E-state index < -0.39 is 11.2 Å². The molecule has 21 heavy (non-hydrogen) atoms. The molecule has 3 nitrogen and oxygen atoms in total. The van der Waals surface area contributed by atoms with Crippen LogP contribution in [0.3, 0.4) is 0 Å². The van der Waals surface area contributed by atoms with Gasteiger partial charge in [0.05, 0.1) is 7.11 Å². The van der Waals surface area contributed by atoms with Gasteiger partial charge in [0.2, 0.25) is 0 Å². The largest absolute Gasteiger partial charge is 0.496 e. The van der Waals surface area contributed by atoms with Crippen LogP contribution in [0.4, 0.5) is 0 Å². The number of carboxylic acid groups (broad SMARTS) is 1. The molecule has 0 radical (unpaired) electrons. The zero-order chi connectivity index (χ0) is 15.2. The minimum atomic E-state index is -0.813. The van der Waals surface area contributed by atoms with Crippen LogP contribution in [-0.4, -0.2) is 23.4 Å². The first-order valence-electron chi connectivity index (χ1n) is 6.68. The highest BCUT2D eigenvalue weighted by atomic mass is 32.2. The lowest BCUT2D eigenvalue weighted by Crippen LogP contribution is -2.19. The summed E-state index contributed by atoms with van der Waals surface area (Å²) >= 11 is 1.36. The first kappa shape index (κ1) is 15.4. The molecule has 110 valence electrons. The number of benzene rings is 2. The summed E-state index contributed by atoms with van der Waals surface area (Å²) < 4.78 is 5.29. The molecule has 2 aromatic rings. The molecule has 0 fully saturated rings. The van der Waals surface area contributed by atoms with E-state index in [1.165, 1.54) is 11.8 Å². The summed E-state index contributed by atoms with van der Waals surface area (Å²) in [5, 5.41) is 8.91. The summed E-state index contributed by atoms with van der Waals surface area (Å²) in [7, 11) is 1.60. The van der Waals surface area contributed by atoms with Gasteiger partial charge in [0.15, 0.2) is 0 Å². The van der Waals surface area contributed by atoms with Crippen LogP contribution in [0.15, 0.2) is 53.4 Å². The summed E-state index contributed by atoms with van der Waals surface area (Å²) in [6, 6.07) is 15.4. The van der Waals surface area contributed by atoms with Crippen LogP contribution < -0.4 is 4.74 Å². The van der Waals surface area contributed by atoms with Gasteiger partial charge in [0.25, 0.3) is 0 Å². The van der Waals surface area contributed by atoms with Crippen LogP contribution in [0.2, 0.25) is 0 Å². The molecule has 0 aromatic heterocycles. The van der Waals surface area contributed by atoms with Gasteiger partial charge in [0.1, 0.15) is 11.0 Å². The summed E-state index contributed by atoms with van der Waals surface area (Å²) in [5.41, 5.74) is 2.07. The van der Waals surface area contributed by atoms with Crippen molar-refractivity contribution in [3.8, 4) is 5.75 Å². The van der Waals surface area contributed by atoms with Crippen LogP contribution in [0, 0.1) is 6.92 Å². The topological polar surface area (TPSA) is 46.5 Å². The average Bonchev–Trinajstić information content (AvgIpc) is 2.49. The molecular weight excluding hydrogens is 284 g/mol. The Labute approximate surface area is 129 Å². The molecule has 0 saturated carbocycles. The predicted octanol–water partition coefficient (Wildman–Crippen LogP) is 3.79. The van der Waals surface area contributed by atoms with Crippen molar-refractivity contribution in [2.45, 2.75) is 23.5 Å². The molecule has 2 aromatic carbocycles. The normalized spacial score (nSPS) is 11.9. The monoisotopic (exact) mass is 302 g/mol. The van der Waals surface area contributed by atoms with E-state index >= 15 is 0 Å². The Hall–Kier alpha value is -1.94. The van der Waals surface area contributed by atoms with Gasteiger partial charge in [-0.2, -0.15) is 0 Å². The minimum Gasteiger partial charge on any atom is -0.496 e. The quantitative estimate of drug-likeness (QED) is 0.825. The number of methoxy groups -OCH3 is 1. The van der Waals surface area contributed by atoms with Gasteiger partial charge in [-0.05, 0) is 37.1 Å². The van der Waals surface area contributed by atoms with Crippen molar-refractivity contribution in [1.29, 1.82) is 0 Å². The number of carboxylic acids is 1. The van der Waals surface area contributed by atoms with E-state index in [-0.39, 0.29) is 0 Å². The first-order valence-corrected chi connectivity index (χ1v) is 7.56. The Balaban J connectivity index is 2.16. The fourth-order valence-corrected chi connectivity index (χ4v) is 3.02. The number of hydrogen-bond acceptors (Lipinski definition) is 3. The Kier molecular flexibility index (Phi) is 5.28. The zero-order valence-corrected chi connectivity index (χ0v) is 12.9. The number of para-hydroxylation sites is 1. The number of hydrogen-bond donors (Lipinski definition) is 1. The van der Waals surface area contributed by atoms with E-state index in [1.807, 2.05) is 55.5 Å². The lowest BCUT2D eigenvalue weighted by Gasteiger charge is -2.14. The second kappa shape index (κ2) is 7.18. The van der Waals surface area contributed by atoms with E-state index in [0.717, 1.165) is 21.8 Å². The number of rotatable bonds is 6. The average molecular weight is 302 g/mol. The third-order valence-corrected chi connectivity index (χ3v) is 4.37. The molecule has 0 bridgehead atoms. The Morgan fingerprint density at radius 3 is 2.48 bits per heavy atom. The van der Waals surface area contributed by atoms with Crippen molar-refractivity contribution in [3.63, 3.8) is 0 Å². The van der Waals surface area contributed by atoms with Crippen molar-refractivity contribution < 1.29 is 14.6 Å². The van der Waals surface area contributed by atoms with E-state index in [0.29, 0.717) is 6.42 Å². The number of aryl methyl sites for hydroxylation is 1. The lowest BCUT2D eigenvalue weighted by molar-refractivity contribution is -0.136. The molecule has 0 aliphatic carbocycles. The number of ether oxygens (including phenoxy) is 1. The van der Waals surface area contributed by atoms with Crippen molar-refractivity contribution in [3.05, 3.63) is 59.7 Å². The van der Waals surface area contributed by atoms with Crippen molar-refractivity contribution >= 4 is 17.7 Å². The molecule has 0 spiro atoms. The fraction of sp³-hybridized carbons (Fsp3) is 0.235. The SMILES string of the molecule is COc1ccccc1C[C@@H](Sc1ccc(C)cc1)C(=O)O. The summed E-state index contributed by atoms with van der Waals surface area (Å²) in [6.07, 6.45) is 0.428. The Morgan fingerprint density at radius 1 is 1.19 bits per heavy atom. The van der Waals surface area contributed by atoms with E-state index in [2.05, 4.69) is 0 Å². The van der Waals surface area contributed by atoms with Crippen LogP contribution in [0.1, 0.15) is 11.1 Å². The summed E-state index contributed by atoms with van der Waals surface area (Å²) in [4.78, 5) is 12.5. The van der Waals surface area contributed by atoms with Crippen LogP contribution in [0.25, 0.3) is 0 Å². The van der Waals surface area contributed by atoms with E-state index in [4.69, 9.17) is 4.74 Å². The molecule has 0 saturated heterocycles. The maximum absolute atomic E-state index is 11.5. The first-order chi connectivity index (χ1) is 10.1. The standard InChI is InChI=1S/C17H18O3S/c1-12-7-9-14(10-8-12)21-16(17(18)19)11-13-5-3-4-6-15(13)20-2/h3-10,16H,11H2,1-2H3,(H,18,19)/t16-/m1/s1. The van der Waals surface area contributed by atoms with Crippen molar-refractivity contribution in [2.75, 3.05) is 7.11 Å². The van der Waals surface area contributed by atoms with Gasteiger partial charge in [-0.15, -0.1) is 11.8 Å². The summed E-state index contributed by atoms with van der Waals surface area (Å²) in [6.45, 7) is 2.01. The van der Waals surface area contributed by atoms with Gasteiger partial charge in [-0.3, -0.25) is 4.79 Å². The minimum absolute atomic E-state index is 0.428. The number of carbonyl (C=O) groups is 1. The molecule has 0 heterocycles. The lowest BCUT2D eigenvalue weighted by atomic mass is 10.1. The van der Waals surface area contributed by atoms with Gasteiger partial charge < -0.3 is 9.84 Å². The van der Waals surface area contributed by atoms with Crippen LogP contribution in [-0.2, 0) is 11.2 Å². The second-order valence-electron chi connectivity index (χ2n) is 4.77. The molecule has 0 aliphatic rings. The Bertz CT molecular complexity index is 608. The van der Waals surface area contributed by atoms with E-state index in [1.54, 1.807) is 7.11 Å². The number of aliphatic carboxylic acids is 1. The van der Waals surface area contributed by atoms with Gasteiger partial charge in [-0.25, -0.2) is 0 Å². The third kappa shape index (κ3) is 4.26. The molecule has 2 rings (SSSR count). The molecule has 0 aliphatic heterocycles. The highest BCUT2D eigenvalue weighted by Crippen LogP contribution is 2.29. The molecule has 0 unspecified atom stereocenters. The second-order valence-corrected chi connectivity index (χ2v) is 6.05. The van der Waals surface area contributed by atoms with E-state index in [9.17, 15) is 9.90 Å². The molecular formula is C17H18O3S. The van der Waals surface area contributed by atoms with Gasteiger partial charge in [0, 0.05) is 4.90 Å². The molecule has 0 amide bonds.